The van der Waals surface area contributed by atoms with Crippen LogP contribution in [0.25, 0.3) is 77.9 Å². The van der Waals surface area contributed by atoms with Crippen LogP contribution >= 0.6 is 0 Å². The first-order valence-corrected chi connectivity index (χ1v) is 23.8. The molecule has 13 rings (SSSR count). The lowest BCUT2D eigenvalue weighted by molar-refractivity contribution is 0.389. The second-order valence-corrected chi connectivity index (χ2v) is 18.0. The molecule has 11 aromatic rings. The Hall–Kier alpha value is -9.12. The number of aryl methyl sites for hydroxylation is 1. The van der Waals surface area contributed by atoms with Crippen LogP contribution in [0.1, 0.15) is 27.8 Å². The summed E-state index contributed by atoms with van der Waals surface area (Å²) in [6.45, 7) is 2.17. The summed E-state index contributed by atoms with van der Waals surface area (Å²) in [6.07, 6.45) is 3.48. The van der Waals surface area contributed by atoms with E-state index in [-0.39, 0.29) is 0 Å². The molecule has 330 valence electrons. The zero-order valence-corrected chi connectivity index (χ0v) is 38.4. The van der Waals surface area contributed by atoms with E-state index in [4.69, 9.17) is 14.5 Å². The van der Waals surface area contributed by atoms with E-state index in [0.717, 1.165) is 95.1 Å². The van der Waals surface area contributed by atoms with Gasteiger partial charge in [-0.1, -0.05) is 224 Å². The summed E-state index contributed by atoms with van der Waals surface area (Å²) in [5, 5.41) is 0. The maximum absolute atomic E-state index is 7.06. The fourth-order valence-corrected chi connectivity index (χ4v) is 11.2. The van der Waals surface area contributed by atoms with Crippen molar-refractivity contribution in [3.63, 3.8) is 0 Å². The normalized spacial score (nSPS) is 12.7. The topological polar surface area (TPSA) is 44.2 Å². The molecule has 0 unspecified atom stereocenters. The molecule has 0 atom stereocenters. The number of nitrogens with zero attached hydrogens (tertiary/aromatic N) is 2. The predicted molar refractivity (Wildman–Crippen MR) is 283 cm³/mol. The van der Waals surface area contributed by atoms with E-state index < -0.39 is 5.41 Å². The molecule has 2 aliphatic rings. The zero-order chi connectivity index (χ0) is 46.6. The SMILES string of the molecule is Cc1ccc2c(c1-c1ccc(-c3c(-c4ccccc4)c(-c4ccccc4)c(-c4ccccc4)c(-c4ccccc4)c3-c3ccccc3)cc1)Oc1ncncc1C21c2ccccc2Oc2ccccc21. The van der Waals surface area contributed by atoms with Gasteiger partial charge in [0, 0.05) is 28.5 Å². The number of aromatic nitrogens is 2. The Morgan fingerprint density at radius 2 is 0.671 bits per heavy atom. The molecule has 0 bridgehead atoms. The van der Waals surface area contributed by atoms with E-state index in [0.29, 0.717) is 5.88 Å². The Labute approximate surface area is 407 Å². The molecule has 0 amide bonds. The lowest BCUT2D eigenvalue weighted by atomic mass is 9.62. The molecule has 3 heterocycles. The first-order valence-electron chi connectivity index (χ1n) is 23.8. The molecule has 4 heteroatoms. The molecule has 0 N–H and O–H groups in total. The predicted octanol–water partition coefficient (Wildman–Crippen LogP) is 17.0. The van der Waals surface area contributed by atoms with Crippen molar-refractivity contribution in [1.29, 1.82) is 0 Å². The minimum atomic E-state index is -0.810. The van der Waals surface area contributed by atoms with Gasteiger partial charge in [0.25, 0.3) is 0 Å². The largest absolute Gasteiger partial charge is 0.457 e. The van der Waals surface area contributed by atoms with Crippen LogP contribution < -0.4 is 9.47 Å². The summed E-state index contributed by atoms with van der Waals surface area (Å²) in [7, 11) is 0. The van der Waals surface area contributed by atoms with Crippen molar-refractivity contribution in [1.82, 2.24) is 9.97 Å². The number of hydrogen-bond donors (Lipinski definition) is 0. The number of benzene rings is 10. The highest BCUT2D eigenvalue weighted by atomic mass is 16.5. The van der Waals surface area contributed by atoms with Crippen molar-refractivity contribution in [2.75, 3.05) is 0 Å². The molecule has 1 aromatic heterocycles. The Morgan fingerprint density at radius 1 is 0.314 bits per heavy atom. The number of ether oxygens (including phenoxy) is 2. The van der Waals surface area contributed by atoms with Gasteiger partial charge in [-0.3, -0.25) is 0 Å². The van der Waals surface area contributed by atoms with E-state index in [1.807, 2.05) is 30.5 Å². The van der Waals surface area contributed by atoms with Gasteiger partial charge in [0.2, 0.25) is 5.88 Å². The Bertz CT molecular complexity index is 3580. The van der Waals surface area contributed by atoms with Gasteiger partial charge < -0.3 is 9.47 Å². The standard InChI is InChI=1S/C66H44N2O2/c1-43-35-40-53-64(70-65-54(41-67-42-68-65)66(53)51-31-17-19-33-55(51)69-56-34-20-18-32-52(56)66)57(43)49-36-38-50(39-37-49)63-61(47-27-13-5-14-28-47)59(45-23-9-3-10-24-45)58(44-21-7-2-8-22-44)60(46-25-11-4-12-26-46)62(63)48-29-15-6-16-30-48/h2-42H,1H3. The van der Waals surface area contributed by atoms with Crippen LogP contribution in [-0.4, -0.2) is 9.97 Å². The first kappa shape index (κ1) is 41.1. The number of hydrogen-bond acceptors (Lipinski definition) is 4. The van der Waals surface area contributed by atoms with Crippen molar-refractivity contribution in [2.45, 2.75) is 12.3 Å². The van der Waals surface area contributed by atoms with Crippen molar-refractivity contribution in [3.05, 3.63) is 277 Å². The lowest BCUT2D eigenvalue weighted by Gasteiger charge is -2.44. The van der Waals surface area contributed by atoms with Gasteiger partial charge in [-0.15, -0.1) is 0 Å². The molecule has 70 heavy (non-hydrogen) atoms. The Balaban J connectivity index is 1.11. The summed E-state index contributed by atoms with van der Waals surface area (Å²) in [6, 6.07) is 84.8. The van der Waals surface area contributed by atoms with Crippen LogP contribution in [0.5, 0.6) is 23.1 Å². The molecule has 0 saturated heterocycles. The third-order valence-corrected chi connectivity index (χ3v) is 14.1. The smallest absolute Gasteiger partial charge is 0.227 e. The molecular weight excluding hydrogens is 853 g/mol. The van der Waals surface area contributed by atoms with Gasteiger partial charge in [-0.25, -0.2) is 9.97 Å². The molecule has 4 nitrogen and oxygen atoms in total. The first-order chi connectivity index (χ1) is 34.7. The van der Waals surface area contributed by atoms with Gasteiger partial charge in [0.05, 0.1) is 11.0 Å². The molecule has 1 spiro atoms. The van der Waals surface area contributed by atoms with Gasteiger partial charge in [-0.2, -0.15) is 0 Å². The van der Waals surface area contributed by atoms with Gasteiger partial charge >= 0.3 is 0 Å². The minimum Gasteiger partial charge on any atom is -0.457 e. The van der Waals surface area contributed by atoms with Crippen molar-refractivity contribution < 1.29 is 9.47 Å². The van der Waals surface area contributed by atoms with E-state index in [1.165, 1.54) is 27.8 Å². The average molecular weight is 897 g/mol. The van der Waals surface area contributed by atoms with Gasteiger partial charge in [0.15, 0.2) is 0 Å². The summed E-state index contributed by atoms with van der Waals surface area (Å²) in [5.74, 6) is 2.88. The van der Waals surface area contributed by atoms with Crippen LogP contribution in [0.3, 0.4) is 0 Å². The van der Waals surface area contributed by atoms with Crippen LogP contribution in [0.4, 0.5) is 0 Å². The highest BCUT2D eigenvalue weighted by Crippen LogP contribution is 2.63. The van der Waals surface area contributed by atoms with Crippen LogP contribution in [-0.2, 0) is 5.41 Å². The average Bonchev–Trinajstić information content (AvgIpc) is 3.43. The third-order valence-electron chi connectivity index (χ3n) is 14.1. The highest BCUT2D eigenvalue weighted by molar-refractivity contribution is 6.15. The number of para-hydroxylation sites is 2. The molecule has 0 saturated carbocycles. The molecule has 2 aliphatic heterocycles. The Morgan fingerprint density at radius 3 is 1.09 bits per heavy atom. The summed E-state index contributed by atoms with van der Waals surface area (Å²) in [5.41, 5.74) is 20.1. The zero-order valence-electron chi connectivity index (χ0n) is 38.4. The molecule has 10 aromatic carbocycles. The highest BCUT2D eigenvalue weighted by Gasteiger charge is 2.52. The van der Waals surface area contributed by atoms with Gasteiger partial charge in [0.1, 0.15) is 23.6 Å². The quantitative estimate of drug-likeness (QED) is 0.160. The van der Waals surface area contributed by atoms with E-state index in [9.17, 15) is 0 Å². The van der Waals surface area contributed by atoms with Crippen molar-refractivity contribution in [3.8, 4) is 101 Å². The maximum Gasteiger partial charge on any atom is 0.227 e. The molecular formula is C66H44N2O2. The van der Waals surface area contributed by atoms with Gasteiger partial charge in [-0.05, 0) is 96.9 Å². The van der Waals surface area contributed by atoms with E-state index >= 15 is 0 Å². The van der Waals surface area contributed by atoms with Crippen LogP contribution in [0.15, 0.2) is 249 Å². The minimum absolute atomic E-state index is 0.526. The fourth-order valence-electron chi connectivity index (χ4n) is 11.2. The fraction of sp³-hybridized carbons (Fsp3) is 0.0303. The monoisotopic (exact) mass is 896 g/mol. The van der Waals surface area contributed by atoms with Crippen molar-refractivity contribution in [2.24, 2.45) is 0 Å². The molecule has 0 radical (unpaired) electrons. The maximum atomic E-state index is 7.06. The van der Waals surface area contributed by atoms with E-state index in [1.54, 1.807) is 6.33 Å². The number of rotatable bonds is 7. The molecule has 0 aliphatic carbocycles. The van der Waals surface area contributed by atoms with Crippen LogP contribution in [0, 0.1) is 6.92 Å². The Kier molecular flexibility index (Phi) is 9.91. The summed E-state index contributed by atoms with van der Waals surface area (Å²) >= 11 is 0. The van der Waals surface area contributed by atoms with Crippen molar-refractivity contribution >= 4 is 0 Å². The summed E-state index contributed by atoms with van der Waals surface area (Å²) in [4.78, 5) is 9.43. The molecule has 0 fully saturated rings. The number of fused-ring (bicyclic) bond motifs is 8. The van der Waals surface area contributed by atoms with E-state index in [2.05, 4.69) is 224 Å². The lowest BCUT2D eigenvalue weighted by Crippen LogP contribution is -2.37. The third kappa shape index (κ3) is 6.45. The second kappa shape index (κ2) is 16.9. The van der Waals surface area contributed by atoms with Crippen LogP contribution in [0.2, 0.25) is 0 Å². The second-order valence-electron chi connectivity index (χ2n) is 18.0. The summed E-state index contributed by atoms with van der Waals surface area (Å²) < 4.78 is 13.7.